The summed E-state index contributed by atoms with van der Waals surface area (Å²) in [5.74, 6) is -3.38. The van der Waals surface area contributed by atoms with Crippen molar-refractivity contribution in [3.8, 4) is 0 Å². The average Bonchev–Trinajstić information content (AvgIpc) is 3.40. The van der Waals surface area contributed by atoms with Gasteiger partial charge in [-0.15, -0.1) is 11.8 Å². The minimum Gasteiger partial charge on any atom is -0.345 e. The van der Waals surface area contributed by atoms with E-state index in [1.54, 1.807) is 6.07 Å². The van der Waals surface area contributed by atoms with Crippen LogP contribution in [0.25, 0.3) is 11.0 Å². The second-order valence-corrected chi connectivity index (χ2v) is 11.2. The van der Waals surface area contributed by atoms with Crippen LogP contribution < -0.4 is 4.72 Å². The lowest BCUT2D eigenvalue weighted by atomic mass is 10.0. The first-order valence-electron chi connectivity index (χ1n) is 9.66. The minimum absolute atomic E-state index is 0.0420. The molecule has 0 saturated heterocycles. The highest BCUT2D eigenvalue weighted by Gasteiger charge is 2.34. The summed E-state index contributed by atoms with van der Waals surface area (Å²) in [4.78, 5) is 20.7. The fourth-order valence-corrected chi connectivity index (χ4v) is 6.80. The van der Waals surface area contributed by atoms with Gasteiger partial charge >= 0.3 is 0 Å². The maximum atomic E-state index is 15.3. The van der Waals surface area contributed by atoms with E-state index < -0.39 is 43.3 Å². The van der Waals surface area contributed by atoms with E-state index in [0.717, 1.165) is 34.4 Å². The number of aromatic amines is 1. The summed E-state index contributed by atoms with van der Waals surface area (Å²) in [6, 6.07) is 10.5. The molecule has 6 nitrogen and oxygen atoms in total. The van der Waals surface area contributed by atoms with E-state index in [9.17, 15) is 17.6 Å². The Bertz CT molecular complexity index is 1510. The number of fused-ring (bicyclic) bond motifs is 2. The largest absolute Gasteiger partial charge is 0.345 e. The number of thioether (sulfide) groups is 1. The third kappa shape index (κ3) is 3.88. The number of sulfonamides is 1. The zero-order chi connectivity index (χ0) is 23.3. The molecule has 0 bridgehead atoms. The molecule has 1 atom stereocenters. The molecule has 5 rings (SSSR count). The van der Waals surface area contributed by atoms with Crippen molar-refractivity contribution in [3.63, 3.8) is 0 Å². The Balaban J connectivity index is 1.49. The number of hydrogen-bond donors (Lipinski definition) is 2. The standard InChI is InChI=1S/C22H14ClF2N3O3S2/c23-12-8-13-14(10-27-22(13)26-9-12)21(29)19-15(24)5-6-16(20(19)25)28-33(30,31)18-7-11-3-1-2-4-17(11)32-18/h1-6,8-10,18,28H,7H2,(H,26,27). The molecule has 0 fully saturated rings. The molecule has 0 saturated carbocycles. The third-order valence-electron chi connectivity index (χ3n) is 5.28. The first-order chi connectivity index (χ1) is 15.7. The SMILES string of the molecule is O=C(c1c(F)ccc(NS(=O)(=O)C2Cc3ccccc3S2)c1F)c1c[nH]c2ncc(Cl)cc12. The molecule has 3 heterocycles. The van der Waals surface area contributed by atoms with Gasteiger partial charge in [0.05, 0.1) is 16.3 Å². The Hall–Kier alpha value is -2.95. The highest BCUT2D eigenvalue weighted by atomic mass is 35.5. The van der Waals surface area contributed by atoms with Gasteiger partial charge in [0.25, 0.3) is 0 Å². The maximum Gasteiger partial charge on any atom is 0.245 e. The molecule has 0 radical (unpaired) electrons. The summed E-state index contributed by atoms with van der Waals surface area (Å²) in [6.45, 7) is 0. The number of rotatable bonds is 5. The van der Waals surface area contributed by atoms with Crippen molar-refractivity contribution in [2.45, 2.75) is 15.9 Å². The number of anilines is 1. The highest BCUT2D eigenvalue weighted by molar-refractivity contribution is 8.14. The van der Waals surface area contributed by atoms with Crippen molar-refractivity contribution in [3.05, 3.63) is 88.2 Å². The first kappa shape index (κ1) is 21.9. The van der Waals surface area contributed by atoms with E-state index in [-0.39, 0.29) is 22.4 Å². The van der Waals surface area contributed by atoms with Crippen LogP contribution in [0.5, 0.6) is 0 Å². The number of nitrogens with one attached hydrogen (secondary N) is 2. The molecule has 168 valence electrons. The molecule has 0 amide bonds. The number of carbonyl (C=O) groups excluding carboxylic acids is 1. The topological polar surface area (TPSA) is 91.9 Å². The van der Waals surface area contributed by atoms with Crippen LogP contribution in [0.2, 0.25) is 5.02 Å². The smallest absolute Gasteiger partial charge is 0.245 e. The number of hydrogen-bond acceptors (Lipinski definition) is 5. The van der Waals surface area contributed by atoms with Crippen molar-refractivity contribution in [2.75, 3.05) is 4.72 Å². The van der Waals surface area contributed by atoms with Crippen LogP contribution in [-0.4, -0.2) is 28.8 Å². The predicted octanol–water partition coefficient (Wildman–Crippen LogP) is 5.14. The van der Waals surface area contributed by atoms with Crippen molar-refractivity contribution in [1.82, 2.24) is 9.97 Å². The van der Waals surface area contributed by atoms with Crippen molar-refractivity contribution in [1.29, 1.82) is 0 Å². The van der Waals surface area contributed by atoms with E-state index in [1.807, 2.05) is 18.2 Å². The van der Waals surface area contributed by atoms with E-state index in [1.165, 1.54) is 18.5 Å². The number of aromatic nitrogens is 2. The van der Waals surface area contributed by atoms with E-state index in [2.05, 4.69) is 14.7 Å². The zero-order valence-corrected chi connectivity index (χ0v) is 19.0. The number of benzene rings is 2. The van der Waals surface area contributed by atoms with Crippen LogP contribution in [0.3, 0.4) is 0 Å². The fourth-order valence-electron chi connectivity index (χ4n) is 3.68. The number of nitrogens with zero attached hydrogens (tertiary/aromatic N) is 1. The number of H-pyrrole nitrogens is 1. The Morgan fingerprint density at radius 3 is 2.79 bits per heavy atom. The predicted molar refractivity (Wildman–Crippen MR) is 123 cm³/mol. The van der Waals surface area contributed by atoms with Crippen LogP contribution in [0.1, 0.15) is 21.5 Å². The molecule has 1 aliphatic rings. The van der Waals surface area contributed by atoms with Crippen LogP contribution in [0, 0.1) is 11.6 Å². The molecule has 33 heavy (non-hydrogen) atoms. The maximum absolute atomic E-state index is 15.3. The molecule has 1 unspecified atom stereocenters. The van der Waals surface area contributed by atoms with Crippen molar-refractivity contribution >= 4 is 55.9 Å². The molecular formula is C22H14ClF2N3O3S2. The van der Waals surface area contributed by atoms with Gasteiger partial charge in [-0.05, 0) is 29.8 Å². The molecule has 4 aromatic rings. The second-order valence-electron chi connectivity index (χ2n) is 7.37. The van der Waals surface area contributed by atoms with Crippen LogP contribution in [0.4, 0.5) is 14.5 Å². The molecule has 0 spiro atoms. The fraction of sp³-hybridized carbons (Fsp3) is 0.0909. The van der Waals surface area contributed by atoms with E-state index in [0.29, 0.717) is 5.65 Å². The molecule has 0 aliphatic carbocycles. The summed E-state index contributed by atoms with van der Waals surface area (Å²) in [6.07, 6.45) is 2.89. The summed E-state index contributed by atoms with van der Waals surface area (Å²) in [5, 5.41) is 0.533. The van der Waals surface area contributed by atoms with Gasteiger partial charge < -0.3 is 4.98 Å². The van der Waals surface area contributed by atoms with Crippen molar-refractivity contribution < 1.29 is 22.0 Å². The lowest BCUT2D eigenvalue weighted by molar-refractivity contribution is 0.103. The Kier molecular flexibility index (Phi) is 5.38. The Morgan fingerprint density at radius 2 is 2.00 bits per heavy atom. The van der Waals surface area contributed by atoms with Crippen molar-refractivity contribution in [2.24, 2.45) is 0 Å². The van der Waals surface area contributed by atoms with Gasteiger partial charge in [0, 0.05) is 34.7 Å². The first-order valence-corrected chi connectivity index (χ1v) is 12.5. The van der Waals surface area contributed by atoms with E-state index in [4.69, 9.17) is 11.6 Å². The van der Waals surface area contributed by atoms with Gasteiger partial charge in [-0.25, -0.2) is 22.2 Å². The van der Waals surface area contributed by atoms with Gasteiger partial charge in [-0.1, -0.05) is 29.8 Å². The summed E-state index contributed by atoms with van der Waals surface area (Å²) < 4.78 is 57.0. The quantitative estimate of drug-likeness (QED) is 0.366. The number of carbonyl (C=O) groups is 1. The average molecular weight is 506 g/mol. The molecule has 2 aromatic heterocycles. The van der Waals surface area contributed by atoms with Gasteiger partial charge in [0.15, 0.2) is 5.82 Å². The third-order valence-corrected chi connectivity index (χ3v) is 8.98. The van der Waals surface area contributed by atoms with Crippen LogP contribution in [-0.2, 0) is 16.4 Å². The molecule has 2 aromatic carbocycles. The lowest BCUT2D eigenvalue weighted by Gasteiger charge is -2.15. The number of halogens is 3. The molecule has 11 heteroatoms. The Labute approximate surface area is 196 Å². The Morgan fingerprint density at radius 1 is 1.21 bits per heavy atom. The molecule has 1 aliphatic heterocycles. The van der Waals surface area contributed by atoms with Gasteiger partial charge in [-0.3, -0.25) is 9.52 Å². The zero-order valence-electron chi connectivity index (χ0n) is 16.6. The van der Waals surface area contributed by atoms with Gasteiger partial charge in [0.1, 0.15) is 16.0 Å². The highest BCUT2D eigenvalue weighted by Crippen LogP contribution is 2.40. The van der Waals surface area contributed by atoms with Crippen LogP contribution in [0.15, 0.2) is 59.8 Å². The van der Waals surface area contributed by atoms with Crippen LogP contribution >= 0.6 is 23.4 Å². The summed E-state index contributed by atoms with van der Waals surface area (Å²) >= 11 is 7.09. The molecular weight excluding hydrogens is 492 g/mol. The number of pyridine rings is 1. The minimum atomic E-state index is -4.05. The monoisotopic (exact) mass is 505 g/mol. The summed E-state index contributed by atoms with van der Waals surface area (Å²) in [5.41, 5.74) is -0.233. The lowest BCUT2D eigenvalue weighted by Crippen LogP contribution is -2.26. The van der Waals surface area contributed by atoms with Gasteiger partial charge in [0.2, 0.25) is 15.8 Å². The molecule has 2 N–H and O–H groups in total. The second kappa shape index (κ2) is 8.12. The summed E-state index contributed by atoms with van der Waals surface area (Å²) in [7, 11) is -4.05. The van der Waals surface area contributed by atoms with E-state index >= 15 is 4.39 Å². The number of ketones is 1. The van der Waals surface area contributed by atoms with Gasteiger partial charge in [-0.2, -0.15) is 0 Å². The normalized spacial score (nSPS) is 15.5.